The van der Waals surface area contributed by atoms with E-state index in [9.17, 15) is 5.11 Å². The molecule has 0 spiro atoms. The number of methoxy groups -OCH3 is 1. The second kappa shape index (κ2) is 6.29. The molecule has 0 aliphatic heterocycles. The molecular weight excluding hydrogens is 242 g/mol. The average molecular weight is 261 g/mol. The molecule has 2 N–H and O–H groups in total. The van der Waals surface area contributed by atoms with E-state index in [1.165, 1.54) is 0 Å². The number of aliphatic hydroxyl groups excluding tert-OH is 1. The van der Waals surface area contributed by atoms with Gasteiger partial charge in [-0.25, -0.2) is 0 Å². The summed E-state index contributed by atoms with van der Waals surface area (Å²) in [5.41, 5.74) is 0.961. The van der Waals surface area contributed by atoms with Crippen molar-refractivity contribution in [3.8, 4) is 5.75 Å². The summed E-state index contributed by atoms with van der Waals surface area (Å²) in [6.45, 7) is 2.07. The van der Waals surface area contributed by atoms with E-state index in [4.69, 9.17) is 9.15 Å². The molecule has 0 aliphatic carbocycles. The van der Waals surface area contributed by atoms with Crippen LogP contribution in [-0.4, -0.2) is 18.8 Å². The first-order valence-electron chi connectivity index (χ1n) is 6.29. The molecule has 0 radical (unpaired) electrons. The van der Waals surface area contributed by atoms with Crippen LogP contribution in [0.25, 0.3) is 0 Å². The van der Waals surface area contributed by atoms with Gasteiger partial charge in [0.1, 0.15) is 11.5 Å². The summed E-state index contributed by atoms with van der Waals surface area (Å²) in [4.78, 5) is 0. The molecule has 1 aromatic heterocycles. The minimum atomic E-state index is -0.0617. The fourth-order valence-electron chi connectivity index (χ4n) is 1.93. The molecule has 0 unspecified atom stereocenters. The van der Waals surface area contributed by atoms with E-state index in [-0.39, 0.29) is 18.6 Å². The van der Waals surface area contributed by atoms with Crippen LogP contribution in [0.15, 0.2) is 47.1 Å². The van der Waals surface area contributed by atoms with Crippen molar-refractivity contribution in [2.75, 3.05) is 19.0 Å². The zero-order valence-corrected chi connectivity index (χ0v) is 11.2. The molecule has 0 fully saturated rings. The van der Waals surface area contributed by atoms with E-state index < -0.39 is 0 Å². The zero-order valence-electron chi connectivity index (χ0n) is 11.2. The molecule has 1 heterocycles. The van der Waals surface area contributed by atoms with Gasteiger partial charge in [0.25, 0.3) is 0 Å². The number of aliphatic hydroxyl groups is 1. The third kappa shape index (κ3) is 3.29. The van der Waals surface area contributed by atoms with E-state index >= 15 is 0 Å². The maximum absolute atomic E-state index is 9.36. The molecule has 102 valence electrons. The van der Waals surface area contributed by atoms with Crippen LogP contribution in [0.1, 0.15) is 18.7 Å². The summed E-state index contributed by atoms with van der Waals surface area (Å²) in [5, 5.41) is 12.7. The average Bonchev–Trinajstić information content (AvgIpc) is 2.98. The molecular formula is C15H19NO3. The van der Waals surface area contributed by atoms with Gasteiger partial charge in [0.05, 0.1) is 19.4 Å². The van der Waals surface area contributed by atoms with Crippen LogP contribution in [0, 0.1) is 5.92 Å². The quantitative estimate of drug-likeness (QED) is 0.839. The molecule has 4 nitrogen and oxygen atoms in total. The van der Waals surface area contributed by atoms with Crippen LogP contribution in [0.5, 0.6) is 5.75 Å². The van der Waals surface area contributed by atoms with Gasteiger partial charge in [0.2, 0.25) is 0 Å². The van der Waals surface area contributed by atoms with Crippen molar-refractivity contribution in [3.63, 3.8) is 0 Å². The predicted molar refractivity (Wildman–Crippen MR) is 74.3 cm³/mol. The third-order valence-electron chi connectivity index (χ3n) is 3.12. The maximum Gasteiger partial charge on any atom is 0.126 e. The van der Waals surface area contributed by atoms with Gasteiger partial charge in [0, 0.05) is 18.2 Å². The van der Waals surface area contributed by atoms with E-state index in [1.54, 1.807) is 13.4 Å². The fraction of sp³-hybridized carbons (Fsp3) is 0.333. The number of nitrogens with one attached hydrogen (secondary N) is 1. The second-order valence-corrected chi connectivity index (χ2v) is 4.53. The molecule has 0 saturated heterocycles. The number of benzene rings is 1. The molecule has 2 aromatic rings. The Labute approximate surface area is 113 Å². The Bertz CT molecular complexity index is 479. The highest BCUT2D eigenvalue weighted by Crippen LogP contribution is 2.27. The predicted octanol–water partition coefficient (Wildman–Crippen LogP) is 3.07. The Kier molecular flexibility index (Phi) is 4.47. The van der Waals surface area contributed by atoms with Crippen LogP contribution < -0.4 is 10.1 Å². The standard InChI is InChI=1S/C15H19NO3/c1-11(10-17)15(14-4-3-9-19-14)16-12-5-7-13(18-2)8-6-12/h3-9,11,15-17H,10H2,1-2H3/t11-,15+/m1/s1. The molecule has 2 rings (SSSR count). The number of hydrogen-bond acceptors (Lipinski definition) is 4. The molecule has 1 aromatic carbocycles. The highest BCUT2D eigenvalue weighted by Gasteiger charge is 2.21. The summed E-state index contributed by atoms with van der Waals surface area (Å²) in [6.07, 6.45) is 1.64. The van der Waals surface area contributed by atoms with E-state index in [0.29, 0.717) is 0 Å². The lowest BCUT2D eigenvalue weighted by molar-refractivity contribution is 0.214. The number of rotatable bonds is 6. The zero-order chi connectivity index (χ0) is 13.7. The van der Waals surface area contributed by atoms with Crippen molar-refractivity contribution < 1.29 is 14.3 Å². The highest BCUT2D eigenvalue weighted by molar-refractivity contribution is 5.47. The Morgan fingerprint density at radius 2 is 2.00 bits per heavy atom. The Morgan fingerprint density at radius 1 is 1.26 bits per heavy atom. The van der Waals surface area contributed by atoms with Crippen molar-refractivity contribution in [1.29, 1.82) is 0 Å². The molecule has 2 atom stereocenters. The van der Waals surface area contributed by atoms with Gasteiger partial charge in [-0.15, -0.1) is 0 Å². The SMILES string of the molecule is COc1ccc(N[C@H](c2ccco2)[C@H](C)CO)cc1. The van der Waals surface area contributed by atoms with Crippen molar-refractivity contribution in [2.45, 2.75) is 13.0 Å². The summed E-state index contributed by atoms with van der Waals surface area (Å²) < 4.78 is 10.6. The molecule has 0 amide bonds. The first-order valence-corrected chi connectivity index (χ1v) is 6.29. The third-order valence-corrected chi connectivity index (χ3v) is 3.12. The van der Waals surface area contributed by atoms with Gasteiger partial charge >= 0.3 is 0 Å². The fourth-order valence-corrected chi connectivity index (χ4v) is 1.93. The monoisotopic (exact) mass is 261 g/mol. The first kappa shape index (κ1) is 13.5. The number of anilines is 1. The number of ether oxygens (including phenoxy) is 1. The largest absolute Gasteiger partial charge is 0.497 e. The van der Waals surface area contributed by atoms with Crippen LogP contribution in [0.2, 0.25) is 0 Å². The van der Waals surface area contributed by atoms with Crippen molar-refractivity contribution >= 4 is 5.69 Å². The summed E-state index contributed by atoms with van der Waals surface area (Å²) in [6, 6.07) is 11.4. The van der Waals surface area contributed by atoms with Gasteiger partial charge in [-0.2, -0.15) is 0 Å². The van der Waals surface area contributed by atoms with Gasteiger partial charge < -0.3 is 19.6 Å². The number of hydrogen-bond donors (Lipinski definition) is 2. The molecule has 0 bridgehead atoms. The maximum atomic E-state index is 9.36. The Morgan fingerprint density at radius 3 is 2.53 bits per heavy atom. The minimum absolute atomic E-state index is 0.0493. The second-order valence-electron chi connectivity index (χ2n) is 4.53. The van der Waals surface area contributed by atoms with Crippen LogP contribution >= 0.6 is 0 Å². The lowest BCUT2D eigenvalue weighted by Crippen LogP contribution is -2.21. The van der Waals surface area contributed by atoms with Crippen molar-refractivity contribution in [2.24, 2.45) is 5.92 Å². The van der Waals surface area contributed by atoms with Crippen molar-refractivity contribution in [3.05, 3.63) is 48.4 Å². The van der Waals surface area contributed by atoms with Gasteiger partial charge in [0.15, 0.2) is 0 Å². The highest BCUT2D eigenvalue weighted by atomic mass is 16.5. The van der Waals surface area contributed by atoms with Crippen molar-refractivity contribution in [1.82, 2.24) is 0 Å². The van der Waals surface area contributed by atoms with E-state index in [2.05, 4.69) is 5.32 Å². The van der Waals surface area contributed by atoms with Crippen LogP contribution in [0.4, 0.5) is 5.69 Å². The topological polar surface area (TPSA) is 54.6 Å². The molecule has 0 aliphatic rings. The molecule has 4 heteroatoms. The van der Waals surface area contributed by atoms with Crippen LogP contribution in [0.3, 0.4) is 0 Å². The van der Waals surface area contributed by atoms with E-state index in [0.717, 1.165) is 17.2 Å². The molecule has 19 heavy (non-hydrogen) atoms. The minimum Gasteiger partial charge on any atom is -0.497 e. The van der Waals surface area contributed by atoms with Crippen LogP contribution in [-0.2, 0) is 0 Å². The lowest BCUT2D eigenvalue weighted by atomic mass is 10.00. The van der Waals surface area contributed by atoms with E-state index in [1.807, 2.05) is 43.3 Å². The summed E-state index contributed by atoms with van der Waals surface area (Å²) in [7, 11) is 1.64. The first-order chi connectivity index (χ1) is 9.24. The molecule has 0 saturated carbocycles. The Hall–Kier alpha value is -1.94. The summed E-state index contributed by atoms with van der Waals surface area (Å²) >= 11 is 0. The number of furan rings is 1. The normalized spacial score (nSPS) is 13.8. The summed E-state index contributed by atoms with van der Waals surface area (Å²) in [5.74, 6) is 1.68. The van der Waals surface area contributed by atoms with Gasteiger partial charge in [-0.3, -0.25) is 0 Å². The lowest BCUT2D eigenvalue weighted by Gasteiger charge is -2.23. The van der Waals surface area contributed by atoms with Gasteiger partial charge in [-0.05, 0) is 36.4 Å². The van der Waals surface area contributed by atoms with Gasteiger partial charge in [-0.1, -0.05) is 6.92 Å². The Balaban J connectivity index is 2.15. The smallest absolute Gasteiger partial charge is 0.126 e.